The third-order valence-electron chi connectivity index (χ3n) is 3.59. The monoisotopic (exact) mass is 396 g/mol. The Morgan fingerprint density at radius 3 is 2.33 bits per heavy atom. The molecule has 10 nitrogen and oxygen atoms in total. The number of rotatable bonds is 4. The summed E-state index contributed by atoms with van der Waals surface area (Å²) < 4.78 is 45.1. The van der Waals surface area contributed by atoms with Crippen molar-refractivity contribution in [2.75, 3.05) is 7.11 Å². The van der Waals surface area contributed by atoms with Crippen LogP contribution in [0.5, 0.6) is 28.7 Å². The van der Waals surface area contributed by atoms with Crippen LogP contribution in [0.1, 0.15) is 0 Å². The Bertz CT molecular complexity index is 1210. The quantitative estimate of drug-likeness (QED) is 0.377. The summed E-state index contributed by atoms with van der Waals surface area (Å²) in [6, 6.07) is 5.96. The van der Waals surface area contributed by atoms with E-state index < -0.39 is 38.5 Å². The molecule has 142 valence electrons. The zero-order valence-corrected chi connectivity index (χ0v) is 14.3. The van der Waals surface area contributed by atoms with Crippen molar-refractivity contribution in [3.05, 3.63) is 40.6 Å². The van der Waals surface area contributed by atoms with Gasteiger partial charge >= 0.3 is 10.4 Å². The molecule has 0 bridgehead atoms. The summed E-state index contributed by atoms with van der Waals surface area (Å²) in [5, 5.41) is 29.0. The molecule has 3 rings (SSSR count). The van der Waals surface area contributed by atoms with E-state index in [1.807, 2.05) is 0 Å². The number of hydrogen-bond donors (Lipinski definition) is 4. The van der Waals surface area contributed by atoms with Crippen molar-refractivity contribution in [2.24, 2.45) is 0 Å². The van der Waals surface area contributed by atoms with Crippen LogP contribution in [0.4, 0.5) is 0 Å². The van der Waals surface area contributed by atoms with Gasteiger partial charge in [-0.15, -0.1) is 0 Å². The minimum Gasteiger partial charge on any atom is -0.504 e. The molecule has 11 heteroatoms. The van der Waals surface area contributed by atoms with E-state index in [4.69, 9.17) is 13.7 Å². The van der Waals surface area contributed by atoms with E-state index in [1.165, 1.54) is 25.3 Å². The van der Waals surface area contributed by atoms with E-state index in [1.54, 1.807) is 0 Å². The lowest BCUT2D eigenvalue weighted by Gasteiger charge is -2.10. The molecule has 1 aromatic heterocycles. The summed E-state index contributed by atoms with van der Waals surface area (Å²) in [6.45, 7) is 0. The van der Waals surface area contributed by atoms with E-state index in [2.05, 4.69) is 4.18 Å². The van der Waals surface area contributed by atoms with Crippen LogP contribution in [-0.2, 0) is 10.4 Å². The highest BCUT2D eigenvalue weighted by atomic mass is 32.3. The first-order valence-corrected chi connectivity index (χ1v) is 8.54. The Hall–Kier alpha value is -3.44. The molecule has 0 atom stereocenters. The van der Waals surface area contributed by atoms with Crippen molar-refractivity contribution in [2.45, 2.75) is 0 Å². The zero-order chi connectivity index (χ0) is 19.9. The molecule has 2 aromatic carbocycles. The Labute approximate surface area is 151 Å². The number of hydrogen-bond acceptors (Lipinski definition) is 9. The van der Waals surface area contributed by atoms with E-state index in [-0.39, 0.29) is 22.8 Å². The standard InChI is InChI=1S/C16H12O10S/c1-24-11-4-7(2-3-8(11)17)10-5-9(18)14-12(25-10)6-13(15(19)16(14)20)26-27(21,22)23/h2-6,17,19-20H,1H3,(H,21,22,23). The van der Waals surface area contributed by atoms with Crippen LogP contribution in [0, 0.1) is 0 Å². The fourth-order valence-electron chi connectivity index (χ4n) is 2.42. The molecule has 0 aliphatic heterocycles. The molecule has 0 fully saturated rings. The summed E-state index contributed by atoms with van der Waals surface area (Å²) in [5.41, 5.74) is -0.739. The van der Waals surface area contributed by atoms with Gasteiger partial charge in [0.05, 0.1) is 7.11 Å². The van der Waals surface area contributed by atoms with Crippen LogP contribution in [0.3, 0.4) is 0 Å². The molecule has 0 aliphatic carbocycles. The lowest BCUT2D eigenvalue weighted by molar-refractivity contribution is 0.358. The number of phenolic OH excluding ortho intramolecular Hbond substituents is 3. The lowest BCUT2D eigenvalue weighted by Crippen LogP contribution is -2.08. The molecule has 0 radical (unpaired) electrons. The van der Waals surface area contributed by atoms with Crippen LogP contribution in [0.15, 0.2) is 39.5 Å². The first kappa shape index (κ1) is 18.4. The summed E-state index contributed by atoms with van der Waals surface area (Å²) in [5.74, 6) is -2.92. The van der Waals surface area contributed by atoms with E-state index >= 15 is 0 Å². The average Bonchev–Trinajstić information content (AvgIpc) is 2.58. The lowest BCUT2D eigenvalue weighted by atomic mass is 10.1. The summed E-state index contributed by atoms with van der Waals surface area (Å²) in [6.07, 6.45) is 0. The second-order valence-corrected chi connectivity index (χ2v) is 6.34. The summed E-state index contributed by atoms with van der Waals surface area (Å²) >= 11 is 0. The van der Waals surface area contributed by atoms with Crippen LogP contribution in [-0.4, -0.2) is 35.4 Å². The highest BCUT2D eigenvalue weighted by Gasteiger charge is 2.22. The van der Waals surface area contributed by atoms with E-state index in [9.17, 15) is 28.5 Å². The highest BCUT2D eigenvalue weighted by molar-refractivity contribution is 7.81. The van der Waals surface area contributed by atoms with Gasteiger partial charge in [0.25, 0.3) is 0 Å². The Morgan fingerprint density at radius 2 is 1.70 bits per heavy atom. The van der Waals surface area contributed by atoms with E-state index in [0.29, 0.717) is 5.56 Å². The Kier molecular flexibility index (Phi) is 4.33. The second kappa shape index (κ2) is 6.37. The maximum atomic E-state index is 12.3. The normalized spacial score (nSPS) is 11.5. The minimum atomic E-state index is -5.01. The zero-order valence-electron chi connectivity index (χ0n) is 13.5. The van der Waals surface area contributed by atoms with Gasteiger partial charge in [-0.2, -0.15) is 8.42 Å². The molecule has 1 heterocycles. The highest BCUT2D eigenvalue weighted by Crippen LogP contribution is 2.42. The predicted molar refractivity (Wildman–Crippen MR) is 91.6 cm³/mol. The molecule has 0 spiro atoms. The maximum Gasteiger partial charge on any atom is 0.446 e. The van der Waals surface area contributed by atoms with Crippen LogP contribution in [0.2, 0.25) is 0 Å². The van der Waals surface area contributed by atoms with Crippen LogP contribution >= 0.6 is 0 Å². The largest absolute Gasteiger partial charge is 0.504 e. The van der Waals surface area contributed by atoms with Gasteiger partial charge < -0.3 is 28.7 Å². The summed E-state index contributed by atoms with van der Waals surface area (Å²) in [7, 11) is -3.68. The van der Waals surface area contributed by atoms with Gasteiger partial charge in [-0.25, -0.2) is 0 Å². The Morgan fingerprint density at radius 1 is 1.00 bits per heavy atom. The number of ether oxygens (including phenoxy) is 1. The van der Waals surface area contributed by atoms with Crippen molar-refractivity contribution in [3.8, 4) is 40.1 Å². The molecule has 0 aliphatic rings. The van der Waals surface area contributed by atoms with Crippen molar-refractivity contribution < 1.29 is 41.6 Å². The van der Waals surface area contributed by atoms with Crippen molar-refractivity contribution >= 4 is 21.4 Å². The first-order valence-electron chi connectivity index (χ1n) is 7.17. The van der Waals surface area contributed by atoms with E-state index in [0.717, 1.165) is 12.1 Å². The number of fused-ring (bicyclic) bond motifs is 1. The molecule has 3 aromatic rings. The van der Waals surface area contributed by atoms with Crippen molar-refractivity contribution in [3.63, 3.8) is 0 Å². The Balaban J connectivity index is 2.27. The van der Waals surface area contributed by atoms with Crippen LogP contribution < -0.4 is 14.3 Å². The molecular weight excluding hydrogens is 384 g/mol. The maximum absolute atomic E-state index is 12.3. The van der Waals surface area contributed by atoms with Gasteiger partial charge in [-0.3, -0.25) is 9.35 Å². The minimum absolute atomic E-state index is 0.00584. The van der Waals surface area contributed by atoms with Crippen molar-refractivity contribution in [1.82, 2.24) is 0 Å². The molecule has 4 N–H and O–H groups in total. The van der Waals surface area contributed by atoms with Gasteiger partial charge in [-0.1, -0.05) is 0 Å². The molecule has 0 saturated heterocycles. The number of phenols is 3. The van der Waals surface area contributed by atoms with Gasteiger partial charge in [0.15, 0.2) is 28.4 Å². The van der Waals surface area contributed by atoms with Crippen molar-refractivity contribution in [1.29, 1.82) is 0 Å². The van der Waals surface area contributed by atoms with Gasteiger partial charge in [-0.05, 0) is 18.2 Å². The third kappa shape index (κ3) is 3.45. The van der Waals surface area contributed by atoms with Crippen LogP contribution in [0.25, 0.3) is 22.3 Å². The molecule has 27 heavy (non-hydrogen) atoms. The number of benzene rings is 2. The number of aromatic hydroxyl groups is 3. The van der Waals surface area contributed by atoms with Gasteiger partial charge in [0, 0.05) is 17.7 Å². The molecule has 0 saturated carbocycles. The average molecular weight is 396 g/mol. The van der Waals surface area contributed by atoms with Gasteiger partial charge in [0.1, 0.15) is 16.7 Å². The summed E-state index contributed by atoms with van der Waals surface area (Å²) in [4.78, 5) is 12.3. The topological polar surface area (TPSA) is 164 Å². The number of methoxy groups -OCH3 is 1. The molecular formula is C16H12O10S. The van der Waals surface area contributed by atoms with Gasteiger partial charge in [0.2, 0.25) is 5.75 Å². The third-order valence-corrected chi connectivity index (χ3v) is 3.98. The SMILES string of the molecule is COc1cc(-c2cc(=O)c3c(O)c(O)c(OS(=O)(=O)O)cc3o2)ccc1O. The smallest absolute Gasteiger partial charge is 0.446 e. The molecule has 0 amide bonds. The molecule has 0 unspecified atom stereocenters. The second-order valence-electron chi connectivity index (χ2n) is 5.32. The fourth-order valence-corrected chi connectivity index (χ4v) is 2.77. The first-order chi connectivity index (χ1) is 12.6. The fraction of sp³-hybridized carbons (Fsp3) is 0.0625. The predicted octanol–water partition coefficient (Wildman–Crippen LogP) is 1.77.